The van der Waals surface area contributed by atoms with Crippen LogP contribution in [0.15, 0.2) is 22.7 Å². The summed E-state index contributed by atoms with van der Waals surface area (Å²) in [6.07, 6.45) is 0. The van der Waals surface area contributed by atoms with E-state index in [0.29, 0.717) is 0 Å². The molecule has 0 radical (unpaired) electrons. The zero-order valence-corrected chi connectivity index (χ0v) is 13.8. The first-order valence-corrected chi connectivity index (χ1v) is 7.59. The van der Waals surface area contributed by atoms with E-state index in [0.717, 1.165) is 28.1 Å². The molecule has 0 aliphatic carbocycles. The van der Waals surface area contributed by atoms with Gasteiger partial charge in [0, 0.05) is 34.0 Å². The number of halogens is 2. The number of rotatable bonds is 1. The molecule has 1 aromatic carbocycles. The molecule has 1 saturated heterocycles. The highest BCUT2D eigenvalue weighted by Crippen LogP contribution is 2.39. The molecule has 1 aliphatic heterocycles. The molecule has 0 N–H and O–H groups in total. The Hall–Kier alpha value is -0.560. The van der Waals surface area contributed by atoms with Gasteiger partial charge in [-0.2, -0.15) is 5.26 Å². The lowest BCUT2D eigenvalue weighted by atomic mass is 9.90. The quantitative estimate of drug-likeness (QED) is 0.755. The summed E-state index contributed by atoms with van der Waals surface area (Å²) < 4.78 is 1.01. The number of nitrogens with zero attached hydrogens (tertiary/aromatic N) is 2. The molecular formula is C15H18BrClN2. The number of hydrogen-bond donors (Lipinski definition) is 0. The summed E-state index contributed by atoms with van der Waals surface area (Å²) in [4.78, 5) is 2.36. The van der Waals surface area contributed by atoms with Gasteiger partial charge in [0.05, 0.1) is 12.0 Å². The van der Waals surface area contributed by atoms with Crippen molar-refractivity contribution in [1.82, 2.24) is 4.90 Å². The van der Waals surface area contributed by atoms with Crippen molar-refractivity contribution in [2.24, 2.45) is 5.92 Å². The van der Waals surface area contributed by atoms with Gasteiger partial charge in [-0.15, -0.1) is 0 Å². The zero-order valence-electron chi connectivity index (χ0n) is 11.5. The minimum absolute atomic E-state index is 0.00558. The van der Waals surface area contributed by atoms with Gasteiger partial charge in [-0.05, 0) is 44.5 Å². The number of hydrogen-bond acceptors (Lipinski definition) is 2. The molecule has 102 valence electrons. The maximum Gasteiger partial charge on any atom is 0.0676 e. The van der Waals surface area contributed by atoms with Crippen LogP contribution in [-0.2, 0) is 0 Å². The maximum absolute atomic E-state index is 9.41. The topological polar surface area (TPSA) is 27.0 Å². The predicted molar refractivity (Wildman–Crippen MR) is 82.3 cm³/mol. The van der Waals surface area contributed by atoms with Crippen LogP contribution >= 0.6 is 27.5 Å². The third kappa shape index (κ3) is 3.13. The molecule has 0 spiro atoms. The fraction of sp³-hybridized carbons (Fsp3) is 0.533. The van der Waals surface area contributed by atoms with E-state index in [4.69, 9.17) is 11.6 Å². The second-order valence-electron chi connectivity index (χ2n) is 6.08. The van der Waals surface area contributed by atoms with Crippen LogP contribution in [0.1, 0.15) is 32.3 Å². The van der Waals surface area contributed by atoms with E-state index in [-0.39, 0.29) is 17.4 Å². The molecule has 4 heteroatoms. The molecule has 2 rings (SSSR count). The Morgan fingerprint density at radius 2 is 2.05 bits per heavy atom. The second kappa shape index (κ2) is 5.44. The third-order valence-corrected chi connectivity index (χ3v) is 4.63. The van der Waals surface area contributed by atoms with Gasteiger partial charge in [0.1, 0.15) is 0 Å². The van der Waals surface area contributed by atoms with Crippen LogP contribution in [0, 0.1) is 17.2 Å². The van der Waals surface area contributed by atoms with E-state index in [9.17, 15) is 5.26 Å². The van der Waals surface area contributed by atoms with Crippen molar-refractivity contribution in [2.75, 3.05) is 13.1 Å². The number of likely N-dealkylation sites (tertiary alicyclic amines) is 1. The Bertz CT molecular complexity index is 516. The molecular weight excluding hydrogens is 324 g/mol. The average Bonchev–Trinajstić information content (AvgIpc) is 2.76. The Balaban J connectivity index is 2.34. The fourth-order valence-electron chi connectivity index (χ4n) is 2.60. The monoisotopic (exact) mass is 340 g/mol. The van der Waals surface area contributed by atoms with Gasteiger partial charge >= 0.3 is 0 Å². The first-order chi connectivity index (χ1) is 8.82. The van der Waals surface area contributed by atoms with E-state index >= 15 is 0 Å². The summed E-state index contributed by atoms with van der Waals surface area (Å²) in [5.41, 5.74) is 1.16. The number of nitriles is 1. The Labute approximate surface area is 128 Å². The molecule has 19 heavy (non-hydrogen) atoms. The van der Waals surface area contributed by atoms with Crippen LogP contribution in [0.2, 0.25) is 5.02 Å². The molecule has 0 amide bonds. The summed E-state index contributed by atoms with van der Waals surface area (Å²) >= 11 is 9.80. The Morgan fingerprint density at radius 3 is 2.63 bits per heavy atom. The summed E-state index contributed by atoms with van der Waals surface area (Å²) in [5.74, 6) is 0.195. The van der Waals surface area contributed by atoms with Crippen molar-refractivity contribution in [1.29, 1.82) is 5.26 Å². The van der Waals surface area contributed by atoms with Crippen LogP contribution in [0.5, 0.6) is 0 Å². The lowest BCUT2D eigenvalue weighted by Gasteiger charge is -2.31. The van der Waals surface area contributed by atoms with Gasteiger partial charge in [-0.25, -0.2) is 0 Å². The van der Waals surface area contributed by atoms with E-state index in [1.807, 2.05) is 18.2 Å². The molecule has 1 fully saturated rings. The fourth-order valence-corrected chi connectivity index (χ4v) is 3.23. The van der Waals surface area contributed by atoms with Crippen LogP contribution in [0.4, 0.5) is 0 Å². The van der Waals surface area contributed by atoms with Crippen molar-refractivity contribution >= 4 is 27.5 Å². The van der Waals surface area contributed by atoms with E-state index in [1.165, 1.54) is 0 Å². The normalized spacial score (nSPS) is 24.4. The van der Waals surface area contributed by atoms with Crippen molar-refractivity contribution in [3.05, 3.63) is 33.3 Å². The van der Waals surface area contributed by atoms with E-state index in [2.05, 4.69) is 47.7 Å². The highest BCUT2D eigenvalue weighted by Gasteiger charge is 2.39. The third-order valence-electron chi connectivity index (χ3n) is 3.79. The predicted octanol–water partition coefficient (Wildman–Crippen LogP) is 4.44. The second-order valence-corrected chi connectivity index (χ2v) is 7.41. The van der Waals surface area contributed by atoms with Crippen LogP contribution < -0.4 is 0 Å². The standard InChI is InChI=1S/C15H18BrClN2/c1-15(2,3)19-8-10(7-18)13(9-19)12-6-11(16)4-5-14(12)17/h4-6,10,13H,8-9H2,1-3H3/t10-,13-/m1/s1. The molecule has 2 nitrogen and oxygen atoms in total. The summed E-state index contributed by atoms with van der Waals surface area (Å²) in [7, 11) is 0. The molecule has 1 aromatic rings. The van der Waals surface area contributed by atoms with Crippen molar-refractivity contribution < 1.29 is 0 Å². The molecule has 0 saturated carbocycles. The summed E-state index contributed by atoms with van der Waals surface area (Å²) in [5, 5.41) is 10.2. The van der Waals surface area contributed by atoms with Crippen LogP contribution in [-0.4, -0.2) is 23.5 Å². The molecule has 1 heterocycles. The Morgan fingerprint density at radius 1 is 1.37 bits per heavy atom. The van der Waals surface area contributed by atoms with Gasteiger partial charge in [-0.1, -0.05) is 27.5 Å². The lowest BCUT2D eigenvalue weighted by molar-refractivity contribution is 0.170. The van der Waals surface area contributed by atoms with E-state index < -0.39 is 0 Å². The van der Waals surface area contributed by atoms with Gasteiger partial charge < -0.3 is 0 Å². The minimum atomic E-state index is 0.00558. The zero-order chi connectivity index (χ0) is 14.2. The summed E-state index contributed by atoms with van der Waals surface area (Å²) in [6, 6.07) is 8.32. The van der Waals surface area contributed by atoms with Gasteiger partial charge in [-0.3, -0.25) is 4.90 Å². The van der Waals surface area contributed by atoms with Crippen molar-refractivity contribution in [3.8, 4) is 6.07 Å². The summed E-state index contributed by atoms with van der Waals surface area (Å²) in [6.45, 7) is 8.26. The maximum atomic E-state index is 9.41. The molecule has 1 aliphatic rings. The highest BCUT2D eigenvalue weighted by molar-refractivity contribution is 9.10. The molecule has 0 unspecified atom stereocenters. The van der Waals surface area contributed by atoms with Gasteiger partial charge in [0.15, 0.2) is 0 Å². The highest BCUT2D eigenvalue weighted by atomic mass is 79.9. The number of benzene rings is 1. The van der Waals surface area contributed by atoms with Crippen LogP contribution in [0.25, 0.3) is 0 Å². The largest absolute Gasteiger partial charge is 0.297 e. The van der Waals surface area contributed by atoms with Crippen LogP contribution in [0.3, 0.4) is 0 Å². The molecule has 2 atom stereocenters. The molecule has 0 bridgehead atoms. The van der Waals surface area contributed by atoms with Gasteiger partial charge in [0.2, 0.25) is 0 Å². The Kier molecular flexibility index (Phi) is 4.25. The smallest absolute Gasteiger partial charge is 0.0676 e. The SMILES string of the molecule is CC(C)(C)N1C[C@@H](C#N)[C@H](c2cc(Br)ccc2Cl)C1. The first kappa shape index (κ1) is 14.8. The molecule has 0 aromatic heterocycles. The van der Waals surface area contributed by atoms with Crippen molar-refractivity contribution in [3.63, 3.8) is 0 Å². The average molecular weight is 342 g/mol. The van der Waals surface area contributed by atoms with E-state index in [1.54, 1.807) is 0 Å². The minimum Gasteiger partial charge on any atom is -0.297 e. The lowest BCUT2D eigenvalue weighted by Crippen LogP contribution is -2.39. The first-order valence-electron chi connectivity index (χ1n) is 6.42. The van der Waals surface area contributed by atoms with Crippen molar-refractivity contribution in [2.45, 2.75) is 32.2 Å². The van der Waals surface area contributed by atoms with Gasteiger partial charge in [0.25, 0.3) is 0 Å².